The molecule has 0 radical (unpaired) electrons. The molecule has 2 aromatic rings. The Morgan fingerprint density at radius 2 is 2.17 bits per heavy atom. The third kappa shape index (κ3) is 4.19. The average Bonchev–Trinajstić information content (AvgIpc) is 3.20. The molecule has 0 atom stereocenters. The molecule has 2 aromatic heterocycles. The molecule has 5 nitrogen and oxygen atoms in total. The van der Waals surface area contributed by atoms with Crippen molar-refractivity contribution in [3.8, 4) is 11.4 Å². The minimum absolute atomic E-state index is 0.0975. The summed E-state index contributed by atoms with van der Waals surface area (Å²) in [5.74, 6) is 1.35. The van der Waals surface area contributed by atoms with E-state index < -0.39 is 0 Å². The first kappa shape index (κ1) is 17.5. The van der Waals surface area contributed by atoms with Gasteiger partial charge in [0.15, 0.2) is 11.0 Å². The number of thioether (sulfide) groups is 1. The second kappa shape index (κ2) is 8.16. The third-order valence-corrected chi connectivity index (χ3v) is 6.50. The van der Waals surface area contributed by atoms with Crippen molar-refractivity contribution in [2.24, 2.45) is 7.05 Å². The number of hydrogen-bond donors (Lipinski definition) is 1. The number of rotatable bonds is 6. The summed E-state index contributed by atoms with van der Waals surface area (Å²) >= 11 is 3.20. The van der Waals surface area contributed by atoms with Crippen LogP contribution in [0.15, 0.2) is 16.6 Å². The van der Waals surface area contributed by atoms with Crippen LogP contribution in [0.1, 0.15) is 43.9 Å². The highest BCUT2D eigenvalue weighted by molar-refractivity contribution is 7.99. The van der Waals surface area contributed by atoms with Crippen LogP contribution in [0.5, 0.6) is 0 Å². The van der Waals surface area contributed by atoms with E-state index in [0.717, 1.165) is 35.8 Å². The van der Waals surface area contributed by atoms with Crippen molar-refractivity contribution in [3.63, 3.8) is 0 Å². The Morgan fingerprint density at radius 3 is 2.88 bits per heavy atom. The quantitative estimate of drug-likeness (QED) is 0.795. The first-order chi connectivity index (χ1) is 11.7. The minimum atomic E-state index is 0.0975. The monoisotopic (exact) mass is 364 g/mol. The van der Waals surface area contributed by atoms with Gasteiger partial charge in [-0.25, -0.2) is 0 Å². The molecule has 0 bridgehead atoms. The van der Waals surface area contributed by atoms with Crippen molar-refractivity contribution in [2.45, 2.75) is 56.6 Å². The molecule has 1 amide bonds. The van der Waals surface area contributed by atoms with E-state index in [4.69, 9.17) is 0 Å². The molecule has 3 rings (SSSR count). The summed E-state index contributed by atoms with van der Waals surface area (Å²) in [5.41, 5.74) is 1.10. The molecule has 2 heterocycles. The maximum Gasteiger partial charge on any atom is 0.230 e. The molecule has 1 aliphatic rings. The number of hydrogen-bond acceptors (Lipinski definition) is 5. The maximum absolute atomic E-state index is 12.1. The van der Waals surface area contributed by atoms with Crippen LogP contribution >= 0.6 is 23.1 Å². The van der Waals surface area contributed by atoms with Crippen LogP contribution in [-0.2, 0) is 18.3 Å². The molecular formula is C17H24N4OS2. The van der Waals surface area contributed by atoms with Crippen molar-refractivity contribution in [1.82, 2.24) is 20.1 Å². The summed E-state index contributed by atoms with van der Waals surface area (Å²) in [7, 11) is 1.96. The Labute approximate surface area is 151 Å². The Balaban J connectivity index is 1.56. The molecule has 1 N–H and O–H groups in total. The molecule has 1 aliphatic carbocycles. The maximum atomic E-state index is 12.1. The highest BCUT2D eigenvalue weighted by Crippen LogP contribution is 2.27. The van der Waals surface area contributed by atoms with Gasteiger partial charge in [-0.15, -0.1) is 21.5 Å². The topological polar surface area (TPSA) is 59.8 Å². The van der Waals surface area contributed by atoms with Crippen LogP contribution in [0.3, 0.4) is 0 Å². The van der Waals surface area contributed by atoms with E-state index in [-0.39, 0.29) is 5.91 Å². The molecule has 0 aliphatic heterocycles. The largest absolute Gasteiger partial charge is 0.353 e. The van der Waals surface area contributed by atoms with Crippen molar-refractivity contribution >= 4 is 29.0 Å². The van der Waals surface area contributed by atoms with Crippen molar-refractivity contribution in [2.75, 3.05) is 5.75 Å². The zero-order chi connectivity index (χ0) is 16.9. The van der Waals surface area contributed by atoms with Gasteiger partial charge in [0.05, 0.1) is 5.75 Å². The molecule has 0 aromatic carbocycles. The van der Waals surface area contributed by atoms with Gasteiger partial charge in [-0.3, -0.25) is 4.79 Å². The van der Waals surface area contributed by atoms with Gasteiger partial charge in [0, 0.05) is 28.9 Å². The zero-order valence-corrected chi connectivity index (χ0v) is 15.9. The number of thiophene rings is 1. The number of carbonyl (C=O) groups excluding carboxylic acids is 1. The molecule has 0 unspecified atom stereocenters. The van der Waals surface area contributed by atoms with Crippen LogP contribution in [0.2, 0.25) is 0 Å². The van der Waals surface area contributed by atoms with Crippen molar-refractivity contribution in [1.29, 1.82) is 0 Å². The van der Waals surface area contributed by atoms with Crippen LogP contribution in [-0.4, -0.2) is 32.5 Å². The lowest BCUT2D eigenvalue weighted by atomic mass is 9.95. The average molecular weight is 365 g/mol. The SMILES string of the molecule is CCc1cc(-c2nnc(SCC(=O)NC3CCCCC3)n2C)cs1. The van der Waals surface area contributed by atoms with Gasteiger partial charge in [0.2, 0.25) is 5.91 Å². The lowest BCUT2D eigenvalue weighted by molar-refractivity contribution is -0.119. The second-order valence-corrected chi connectivity index (χ2v) is 8.15. The molecule has 1 saturated carbocycles. The Bertz CT molecular complexity index is 689. The highest BCUT2D eigenvalue weighted by Gasteiger charge is 2.17. The van der Waals surface area contributed by atoms with Gasteiger partial charge >= 0.3 is 0 Å². The zero-order valence-electron chi connectivity index (χ0n) is 14.2. The number of aryl methyl sites for hydroxylation is 1. The van der Waals surface area contributed by atoms with Crippen LogP contribution in [0.25, 0.3) is 11.4 Å². The first-order valence-corrected chi connectivity index (χ1v) is 10.4. The number of nitrogens with zero attached hydrogens (tertiary/aromatic N) is 3. The summed E-state index contributed by atoms with van der Waals surface area (Å²) < 4.78 is 1.97. The van der Waals surface area contributed by atoms with Crippen molar-refractivity contribution in [3.05, 3.63) is 16.3 Å². The first-order valence-electron chi connectivity index (χ1n) is 8.56. The van der Waals surface area contributed by atoms with E-state index in [2.05, 4.69) is 33.9 Å². The van der Waals surface area contributed by atoms with E-state index in [1.54, 1.807) is 11.3 Å². The molecule has 0 spiro atoms. The van der Waals surface area contributed by atoms with Crippen LogP contribution in [0.4, 0.5) is 0 Å². The predicted octanol–water partition coefficient (Wildman–Crippen LogP) is 3.65. The molecule has 1 fully saturated rings. The number of nitrogens with one attached hydrogen (secondary N) is 1. The van der Waals surface area contributed by atoms with Gasteiger partial charge in [0.25, 0.3) is 0 Å². The van der Waals surface area contributed by atoms with Gasteiger partial charge in [0.1, 0.15) is 0 Å². The molecule has 130 valence electrons. The molecule has 24 heavy (non-hydrogen) atoms. The number of carbonyl (C=O) groups is 1. The molecular weight excluding hydrogens is 340 g/mol. The fraction of sp³-hybridized carbons (Fsp3) is 0.588. The fourth-order valence-corrected chi connectivity index (χ4v) is 4.56. The van der Waals surface area contributed by atoms with E-state index in [0.29, 0.717) is 11.8 Å². The predicted molar refractivity (Wildman–Crippen MR) is 99.4 cm³/mol. The standard InChI is InChI=1S/C17H24N4OS2/c1-3-14-9-12(10-23-14)16-19-20-17(21(16)2)24-11-15(22)18-13-7-5-4-6-8-13/h9-10,13H,3-8,11H2,1-2H3,(H,18,22). The highest BCUT2D eigenvalue weighted by atomic mass is 32.2. The Kier molecular flexibility index (Phi) is 5.94. The lowest BCUT2D eigenvalue weighted by Crippen LogP contribution is -2.37. The summed E-state index contributed by atoms with van der Waals surface area (Å²) in [4.78, 5) is 13.5. The summed E-state index contributed by atoms with van der Waals surface area (Å²) in [6.45, 7) is 2.15. The van der Waals surface area contributed by atoms with Gasteiger partial charge in [-0.2, -0.15) is 0 Å². The van der Waals surface area contributed by atoms with E-state index in [1.807, 2.05) is 11.6 Å². The van der Waals surface area contributed by atoms with E-state index in [1.165, 1.54) is 35.9 Å². The smallest absolute Gasteiger partial charge is 0.230 e. The Hall–Kier alpha value is -1.34. The summed E-state index contributed by atoms with van der Waals surface area (Å²) in [6, 6.07) is 2.53. The van der Waals surface area contributed by atoms with Crippen LogP contribution < -0.4 is 5.32 Å². The normalized spacial score (nSPS) is 15.6. The minimum Gasteiger partial charge on any atom is -0.353 e. The third-order valence-electron chi connectivity index (χ3n) is 4.40. The van der Waals surface area contributed by atoms with Gasteiger partial charge in [-0.05, 0) is 25.3 Å². The van der Waals surface area contributed by atoms with E-state index >= 15 is 0 Å². The lowest BCUT2D eigenvalue weighted by Gasteiger charge is -2.22. The summed E-state index contributed by atoms with van der Waals surface area (Å²) in [5, 5.41) is 14.6. The second-order valence-electron chi connectivity index (χ2n) is 6.21. The summed E-state index contributed by atoms with van der Waals surface area (Å²) in [6.07, 6.45) is 7.01. The van der Waals surface area contributed by atoms with E-state index in [9.17, 15) is 4.79 Å². The molecule has 0 saturated heterocycles. The van der Waals surface area contributed by atoms with Crippen LogP contribution in [0, 0.1) is 0 Å². The Morgan fingerprint density at radius 1 is 1.38 bits per heavy atom. The van der Waals surface area contributed by atoms with Gasteiger partial charge in [-0.1, -0.05) is 37.9 Å². The number of amides is 1. The number of aromatic nitrogens is 3. The van der Waals surface area contributed by atoms with Gasteiger partial charge < -0.3 is 9.88 Å². The fourth-order valence-electron chi connectivity index (χ4n) is 3.02. The van der Waals surface area contributed by atoms with Crippen molar-refractivity contribution < 1.29 is 4.79 Å². The molecule has 7 heteroatoms.